The van der Waals surface area contributed by atoms with E-state index in [1.807, 2.05) is 0 Å². The van der Waals surface area contributed by atoms with Gasteiger partial charge in [0.15, 0.2) is 0 Å². The summed E-state index contributed by atoms with van der Waals surface area (Å²) < 4.78 is 0. The van der Waals surface area contributed by atoms with Gasteiger partial charge in [0, 0.05) is 0 Å². The Bertz CT molecular complexity index is 111. The van der Waals surface area contributed by atoms with Gasteiger partial charge in [-0.25, -0.2) is 0 Å². The second-order valence-corrected chi connectivity index (χ2v) is 4.77. The number of hydrogen-bond acceptors (Lipinski definition) is 0. The normalized spacial score (nSPS) is 12.0. The minimum atomic E-state index is 0.686. The Labute approximate surface area is 91.5 Å². The monoisotopic (exact) mass is 198 g/mol. The van der Waals surface area contributed by atoms with Gasteiger partial charge in [0.25, 0.3) is 0 Å². The second kappa shape index (κ2) is 8.32. The lowest BCUT2D eigenvalue weighted by atomic mass is 9.74. The van der Waals surface area contributed by atoms with Crippen LogP contribution in [0, 0.1) is 5.41 Å². The summed E-state index contributed by atoms with van der Waals surface area (Å²) in [7, 11) is 0. The molecule has 0 aliphatic rings. The van der Waals surface area contributed by atoms with Crippen LogP contribution in [0.15, 0.2) is 0 Å². The zero-order chi connectivity index (χ0) is 10.9. The van der Waals surface area contributed by atoms with E-state index in [0.717, 1.165) is 0 Å². The minimum absolute atomic E-state index is 0.686. The molecule has 0 heterocycles. The first-order valence-electron chi connectivity index (χ1n) is 6.74. The predicted octanol–water partition coefficient (Wildman–Crippen LogP) is 5.56. The van der Waals surface area contributed by atoms with Crippen molar-refractivity contribution in [1.29, 1.82) is 0 Å². The molecule has 0 atom stereocenters. The van der Waals surface area contributed by atoms with E-state index in [-0.39, 0.29) is 0 Å². The van der Waals surface area contributed by atoms with Crippen LogP contribution >= 0.6 is 0 Å². The third-order valence-electron chi connectivity index (χ3n) is 3.87. The summed E-state index contributed by atoms with van der Waals surface area (Å²) in [6.07, 6.45) is 12.7. The van der Waals surface area contributed by atoms with Gasteiger partial charge in [0.05, 0.1) is 0 Å². The highest BCUT2D eigenvalue weighted by molar-refractivity contribution is 4.76. The van der Waals surface area contributed by atoms with Crippen molar-refractivity contribution in [3.63, 3.8) is 0 Å². The average Bonchev–Trinajstić information content (AvgIpc) is 2.24. The van der Waals surface area contributed by atoms with Gasteiger partial charge in [-0.3, -0.25) is 0 Å². The number of unbranched alkanes of at least 4 members (excludes halogenated alkanes) is 3. The summed E-state index contributed by atoms with van der Waals surface area (Å²) in [5.74, 6) is 0. The molecule has 0 aromatic rings. The molecule has 0 bridgehead atoms. The minimum Gasteiger partial charge on any atom is -0.0654 e. The van der Waals surface area contributed by atoms with Crippen molar-refractivity contribution in [2.24, 2.45) is 5.41 Å². The topological polar surface area (TPSA) is 0 Å². The first-order valence-corrected chi connectivity index (χ1v) is 6.74. The van der Waals surface area contributed by atoms with Gasteiger partial charge in [0.2, 0.25) is 0 Å². The third-order valence-corrected chi connectivity index (χ3v) is 3.87. The van der Waals surface area contributed by atoms with Crippen molar-refractivity contribution in [2.75, 3.05) is 0 Å². The van der Waals surface area contributed by atoms with Crippen LogP contribution in [-0.2, 0) is 0 Å². The Balaban J connectivity index is 3.94. The molecular formula is C14H30. The van der Waals surface area contributed by atoms with Crippen molar-refractivity contribution in [2.45, 2.75) is 85.5 Å². The van der Waals surface area contributed by atoms with Crippen LogP contribution in [0.5, 0.6) is 0 Å². The largest absolute Gasteiger partial charge is 0.0654 e. The van der Waals surface area contributed by atoms with Crippen LogP contribution in [0.2, 0.25) is 0 Å². The smallest absolute Gasteiger partial charge is 0.0303 e. The molecule has 0 saturated heterocycles. The summed E-state index contributed by atoms with van der Waals surface area (Å²) in [5.41, 5.74) is 0.686. The van der Waals surface area contributed by atoms with E-state index in [2.05, 4.69) is 27.7 Å². The fourth-order valence-electron chi connectivity index (χ4n) is 2.38. The maximum atomic E-state index is 2.38. The number of hydrogen-bond donors (Lipinski definition) is 0. The molecule has 14 heavy (non-hydrogen) atoms. The van der Waals surface area contributed by atoms with E-state index in [0.29, 0.717) is 5.41 Å². The summed E-state index contributed by atoms with van der Waals surface area (Å²) >= 11 is 0. The molecule has 0 aliphatic heterocycles. The zero-order valence-electron chi connectivity index (χ0n) is 10.9. The lowest BCUT2D eigenvalue weighted by Crippen LogP contribution is -2.18. The van der Waals surface area contributed by atoms with Gasteiger partial charge < -0.3 is 0 Å². The molecule has 0 fully saturated rings. The first-order chi connectivity index (χ1) is 6.74. The van der Waals surface area contributed by atoms with E-state index < -0.39 is 0 Å². The summed E-state index contributed by atoms with van der Waals surface area (Å²) in [6.45, 7) is 9.37. The second-order valence-electron chi connectivity index (χ2n) is 4.77. The van der Waals surface area contributed by atoms with Crippen LogP contribution in [0.1, 0.15) is 85.5 Å². The Morgan fingerprint density at radius 2 is 1.14 bits per heavy atom. The Hall–Kier alpha value is 0. The average molecular weight is 198 g/mol. The zero-order valence-corrected chi connectivity index (χ0v) is 10.9. The highest BCUT2D eigenvalue weighted by Gasteiger charge is 2.24. The molecule has 86 valence electrons. The van der Waals surface area contributed by atoms with E-state index >= 15 is 0 Å². The van der Waals surface area contributed by atoms with Gasteiger partial charge in [-0.2, -0.15) is 0 Å². The Morgan fingerprint density at radius 1 is 0.643 bits per heavy atom. The maximum Gasteiger partial charge on any atom is -0.0303 e. The van der Waals surface area contributed by atoms with Crippen molar-refractivity contribution in [3.05, 3.63) is 0 Å². The van der Waals surface area contributed by atoms with Gasteiger partial charge in [-0.15, -0.1) is 0 Å². The lowest BCUT2D eigenvalue weighted by Gasteiger charge is -2.32. The SMILES string of the molecule is CCCCCC(CC)(CC)CCCC. The molecule has 0 aliphatic carbocycles. The van der Waals surface area contributed by atoms with Gasteiger partial charge in [-0.1, -0.05) is 72.6 Å². The Kier molecular flexibility index (Phi) is 8.32. The fraction of sp³-hybridized carbons (Fsp3) is 1.00. The van der Waals surface area contributed by atoms with Crippen molar-refractivity contribution in [1.82, 2.24) is 0 Å². The molecule has 0 rings (SSSR count). The third kappa shape index (κ3) is 5.02. The van der Waals surface area contributed by atoms with Gasteiger partial charge >= 0.3 is 0 Å². The lowest BCUT2D eigenvalue weighted by molar-refractivity contribution is 0.204. The first kappa shape index (κ1) is 14.0. The summed E-state index contributed by atoms with van der Waals surface area (Å²) in [4.78, 5) is 0. The predicted molar refractivity (Wildman–Crippen MR) is 66.7 cm³/mol. The molecule has 0 unspecified atom stereocenters. The maximum absolute atomic E-state index is 2.38. The van der Waals surface area contributed by atoms with E-state index in [9.17, 15) is 0 Å². The van der Waals surface area contributed by atoms with Gasteiger partial charge in [-0.05, 0) is 18.3 Å². The molecule has 0 heteroatoms. The fourth-order valence-corrected chi connectivity index (χ4v) is 2.38. The van der Waals surface area contributed by atoms with Crippen molar-refractivity contribution in [3.8, 4) is 0 Å². The number of rotatable bonds is 9. The van der Waals surface area contributed by atoms with E-state index in [1.54, 1.807) is 0 Å². The molecule has 0 nitrogen and oxygen atoms in total. The summed E-state index contributed by atoms with van der Waals surface area (Å²) in [5, 5.41) is 0. The van der Waals surface area contributed by atoms with Crippen LogP contribution in [0.3, 0.4) is 0 Å². The highest BCUT2D eigenvalue weighted by Crippen LogP contribution is 2.37. The van der Waals surface area contributed by atoms with Crippen LogP contribution in [0.4, 0.5) is 0 Å². The molecule has 0 radical (unpaired) electrons. The molecule has 0 N–H and O–H groups in total. The molecule has 0 saturated carbocycles. The van der Waals surface area contributed by atoms with E-state index in [4.69, 9.17) is 0 Å². The molecule has 0 aromatic carbocycles. The van der Waals surface area contributed by atoms with Crippen molar-refractivity contribution < 1.29 is 0 Å². The van der Waals surface area contributed by atoms with Crippen molar-refractivity contribution >= 4 is 0 Å². The molecule has 0 spiro atoms. The van der Waals surface area contributed by atoms with E-state index in [1.165, 1.54) is 57.8 Å². The van der Waals surface area contributed by atoms with Crippen LogP contribution in [-0.4, -0.2) is 0 Å². The van der Waals surface area contributed by atoms with Gasteiger partial charge in [0.1, 0.15) is 0 Å². The molecular weight excluding hydrogens is 168 g/mol. The highest BCUT2D eigenvalue weighted by atomic mass is 14.3. The molecule has 0 aromatic heterocycles. The quantitative estimate of drug-likeness (QED) is 0.425. The van der Waals surface area contributed by atoms with Crippen LogP contribution < -0.4 is 0 Å². The summed E-state index contributed by atoms with van der Waals surface area (Å²) in [6, 6.07) is 0. The van der Waals surface area contributed by atoms with Crippen LogP contribution in [0.25, 0.3) is 0 Å². The standard InChI is InChI=1S/C14H30/c1-5-9-11-13-14(7-3,8-4)12-10-6-2/h5-13H2,1-4H3. The Morgan fingerprint density at radius 3 is 1.57 bits per heavy atom. The molecule has 0 amide bonds.